The topological polar surface area (TPSA) is 42.0 Å². The molecule has 0 spiro atoms. The third-order valence-electron chi connectivity index (χ3n) is 3.99. The number of carbonyl (C=O) groups excluding carboxylic acids is 1. The maximum absolute atomic E-state index is 12.3. The summed E-state index contributed by atoms with van der Waals surface area (Å²) in [5.74, 6) is 0.707. The molecule has 4 heteroatoms. The van der Waals surface area contributed by atoms with Crippen molar-refractivity contribution in [2.24, 2.45) is 5.92 Å². The second kappa shape index (κ2) is 6.04. The number of carbonyl (C=O) groups is 1. The lowest BCUT2D eigenvalue weighted by molar-refractivity contribution is 0.0869. The van der Waals surface area contributed by atoms with Gasteiger partial charge in [-0.1, -0.05) is 28.9 Å². The first kappa shape index (κ1) is 14.5. The first-order valence-electron chi connectivity index (χ1n) is 6.87. The molecule has 104 valence electrons. The van der Waals surface area contributed by atoms with Crippen molar-refractivity contribution in [2.45, 2.75) is 45.1 Å². The molecule has 1 amide bonds. The van der Waals surface area contributed by atoms with Gasteiger partial charge in [0.05, 0.1) is 5.54 Å². The van der Waals surface area contributed by atoms with Crippen LogP contribution in [0.3, 0.4) is 0 Å². The highest BCUT2D eigenvalue weighted by molar-refractivity contribution is 9.09. The fourth-order valence-corrected chi connectivity index (χ4v) is 3.28. The van der Waals surface area contributed by atoms with E-state index in [0.29, 0.717) is 5.69 Å². The van der Waals surface area contributed by atoms with Crippen LogP contribution in [0, 0.1) is 12.8 Å². The number of alkyl halides is 1. The van der Waals surface area contributed by atoms with Gasteiger partial charge in [0.2, 0.25) is 0 Å². The molecule has 0 saturated heterocycles. The lowest BCUT2D eigenvalue weighted by Crippen LogP contribution is -2.52. The standard InChI is InChI=1S/C15H21BrN2O/c1-11-6-8-15(10-16,9-7-11)18-14(19)13-5-3-4-12(2)17-13/h3-5,11H,6-10H2,1-2H3,(H,18,19). The van der Waals surface area contributed by atoms with E-state index in [1.807, 2.05) is 19.1 Å². The van der Waals surface area contributed by atoms with Gasteiger partial charge in [0.1, 0.15) is 5.69 Å². The highest BCUT2D eigenvalue weighted by atomic mass is 79.9. The van der Waals surface area contributed by atoms with Crippen molar-refractivity contribution in [2.75, 3.05) is 5.33 Å². The largest absolute Gasteiger partial charge is 0.344 e. The quantitative estimate of drug-likeness (QED) is 0.865. The maximum Gasteiger partial charge on any atom is 0.270 e. The van der Waals surface area contributed by atoms with E-state index in [1.54, 1.807) is 6.07 Å². The van der Waals surface area contributed by atoms with Gasteiger partial charge in [-0.25, -0.2) is 4.98 Å². The third kappa shape index (κ3) is 3.56. The molecule has 1 aliphatic rings. The number of hydrogen-bond donors (Lipinski definition) is 1. The molecule has 1 heterocycles. The lowest BCUT2D eigenvalue weighted by atomic mass is 9.78. The number of pyridine rings is 1. The summed E-state index contributed by atoms with van der Waals surface area (Å²) < 4.78 is 0. The first-order chi connectivity index (χ1) is 9.04. The van der Waals surface area contributed by atoms with Crippen LogP contribution in [0.5, 0.6) is 0 Å². The summed E-state index contributed by atoms with van der Waals surface area (Å²) in [5, 5.41) is 4.01. The van der Waals surface area contributed by atoms with E-state index in [2.05, 4.69) is 33.2 Å². The number of hydrogen-bond acceptors (Lipinski definition) is 2. The lowest BCUT2D eigenvalue weighted by Gasteiger charge is -2.38. The fraction of sp³-hybridized carbons (Fsp3) is 0.600. The van der Waals surface area contributed by atoms with Gasteiger partial charge in [-0.15, -0.1) is 0 Å². The van der Waals surface area contributed by atoms with Crippen LogP contribution in [-0.2, 0) is 0 Å². The van der Waals surface area contributed by atoms with E-state index in [1.165, 1.54) is 12.8 Å². The summed E-state index contributed by atoms with van der Waals surface area (Å²) in [4.78, 5) is 16.6. The van der Waals surface area contributed by atoms with Crippen LogP contribution in [0.15, 0.2) is 18.2 Å². The van der Waals surface area contributed by atoms with E-state index in [0.717, 1.165) is 29.8 Å². The Morgan fingerprint density at radius 2 is 2.16 bits per heavy atom. The van der Waals surface area contributed by atoms with E-state index >= 15 is 0 Å². The molecule has 0 unspecified atom stereocenters. The molecule has 0 bridgehead atoms. The number of aryl methyl sites for hydroxylation is 1. The average Bonchev–Trinajstić information content (AvgIpc) is 2.42. The van der Waals surface area contributed by atoms with Gasteiger partial charge < -0.3 is 5.32 Å². The molecule has 0 radical (unpaired) electrons. The highest BCUT2D eigenvalue weighted by Gasteiger charge is 2.35. The minimum Gasteiger partial charge on any atom is -0.344 e. The van der Waals surface area contributed by atoms with Crippen molar-refractivity contribution in [3.8, 4) is 0 Å². The third-order valence-corrected chi connectivity index (χ3v) is 5.06. The molecule has 19 heavy (non-hydrogen) atoms. The van der Waals surface area contributed by atoms with E-state index in [-0.39, 0.29) is 11.4 Å². The molecule has 0 aromatic carbocycles. The van der Waals surface area contributed by atoms with Crippen molar-refractivity contribution in [1.82, 2.24) is 10.3 Å². The Kier molecular flexibility index (Phi) is 4.61. The smallest absolute Gasteiger partial charge is 0.270 e. The zero-order chi connectivity index (χ0) is 13.9. The molecular formula is C15H21BrN2O. The summed E-state index contributed by atoms with van der Waals surface area (Å²) in [6.07, 6.45) is 4.42. The van der Waals surface area contributed by atoms with Crippen LogP contribution in [0.4, 0.5) is 0 Å². The van der Waals surface area contributed by atoms with Crippen molar-refractivity contribution >= 4 is 21.8 Å². The Bertz CT molecular complexity index is 453. The predicted octanol–water partition coefficient (Wildman–Crippen LogP) is 3.46. The number of aromatic nitrogens is 1. The van der Waals surface area contributed by atoms with Crippen molar-refractivity contribution < 1.29 is 4.79 Å². The number of halogens is 1. The van der Waals surface area contributed by atoms with Crippen LogP contribution in [0.1, 0.15) is 48.8 Å². The summed E-state index contributed by atoms with van der Waals surface area (Å²) >= 11 is 3.57. The molecule has 0 aliphatic heterocycles. The van der Waals surface area contributed by atoms with Crippen LogP contribution in [-0.4, -0.2) is 21.8 Å². The Morgan fingerprint density at radius 3 is 2.74 bits per heavy atom. The Hall–Kier alpha value is -0.900. The zero-order valence-electron chi connectivity index (χ0n) is 11.6. The summed E-state index contributed by atoms with van der Waals surface area (Å²) in [6, 6.07) is 5.55. The number of amides is 1. The number of rotatable bonds is 3. The number of nitrogens with one attached hydrogen (secondary N) is 1. The Morgan fingerprint density at radius 1 is 1.47 bits per heavy atom. The minimum atomic E-state index is -0.102. The molecule has 1 N–H and O–H groups in total. The zero-order valence-corrected chi connectivity index (χ0v) is 13.2. The van der Waals surface area contributed by atoms with Gasteiger partial charge in [-0.05, 0) is 50.7 Å². The molecule has 1 fully saturated rings. The second-order valence-electron chi connectivity index (χ2n) is 5.71. The predicted molar refractivity (Wildman–Crippen MR) is 80.6 cm³/mol. The van der Waals surface area contributed by atoms with Crippen LogP contribution >= 0.6 is 15.9 Å². The van der Waals surface area contributed by atoms with E-state index in [9.17, 15) is 4.79 Å². The monoisotopic (exact) mass is 324 g/mol. The van der Waals surface area contributed by atoms with Crippen molar-refractivity contribution in [3.05, 3.63) is 29.6 Å². The molecule has 1 saturated carbocycles. The fourth-order valence-electron chi connectivity index (χ4n) is 2.58. The highest BCUT2D eigenvalue weighted by Crippen LogP contribution is 2.33. The Balaban J connectivity index is 2.08. The summed E-state index contributed by atoms with van der Waals surface area (Å²) in [5.41, 5.74) is 1.28. The molecule has 3 nitrogen and oxygen atoms in total. The van der Waals surface area contributed by atoms with Gasteiger partial charge in [0.15, 0.2) is 0 Å². The van der Waals surface area contributed by atoms with Crippen LogP contribution < -0.4 is 5.32 Å². The van der Waals surface area contributed by atoms with Crippen molar-refractivity contribution in [1.29, 1.82) is 0 Å². The molecule has 1 aliphatic carbocycles. The van der Waals surface area contributed by atoms with Crippen LogP contribution in [0.25, 0.3) is 0 Å². The summed E-state index contributed by atoms with van der Waals surface area (Å²) in [7, 11) is 0. The maximum atomic E-state index is 12.3. The average molecular weight is 325 g/mol. The van der Waals surface area contributed by atoms with Gasteiger partial charge in [0.25, 0.3) is 5.91 Å². The molecule has 0 atom stereocenters. The number of nitrogens with zero attached hydrogens (tertiary/aromatic N) is 1. The molecule has 1 aromatic heterocycles. The van der Waals surface area contributed by atoms with Gasteiger partial charge >= 0.3 is 0 Å². The minimum absolute atomic E-state index is 0.0577. The SMILES string of the molecule is Cc1cccc(C(=O)NC2(CBr)CCC(C)CC2)n1. The first-order valence-corrected chi connectivity index (χ1v) is 7.99. The van der Waals surface area contributed by atoms with Gasteiger partial charge in [-0.2, -0.15) is 0 Å². The van der Waals surface area contributed by atoms with Crippen molar-refractivity contribution in [3.63, 3.8) is 0 Å². The van der Waals surface area contributed by atoms with E-state index in [4.69, 9.17) is 0 Å². The van der Waals surface area contributed by atoms with E-state index < -0.39 is 0 Å². The van der Waals surface area contributed by atoms with Gasteiger partial charge in [-0.3, -0.25) is 4.79 Å². The Labute approximate surface area is 123 Å². The van der Waals surface area contributed by atoms with Gasteiger partial charge in [0, 0.05) is 11.0 Å². The second-order valence-corrected chi connectivity index (χ2v) is 6.28. The molecular weight excluding hydrogens is 304 g/mol. The molecule has 1 aromatic rings. The summed E-state index contributed by atoms with van der Waals surface area (Å²) in [6.45, 7) is 4.18. The van der Waals surface area contributed by atoms with Crippen LogP contribution in [0.2, 0.25) is 0 Å². The normalized spacial score (nSPS) is 27.0. The molecule has 2 rings (SSSR count).